The van der Waals surface area contributed by atoms with Gasteiger partial charge in [-0.2, -0.15) is 0 Å². The van der Waals surface area contributed by atoms with Crippen molar-refractivity contribution in [1.82, 2.24) is 4.90 Å². The fourth-order valence-electron chi connectivity index (χ4n) is 1.20. The average Bonchev–Trinajstić information content (AvgIpc) is 2.34. The molecule has 118 valence electrons. The second kappa shape index (κ2) is 8.93. The molecule has 0 unspecified atom stereocenters. The molecule has 0 heterocycles. The maximum Gasteiger partial charge on any atom is 0.329 e. The van der Waals surface area contributed by atoms with Gasteiger partial charge in [0.15, 0.2) is 0 Å². The molecule has 0 aliphatic carbocycles. The molecule has 7 nitrogen and oxygen atoms in total. The second-order valence-electron chi connectivity index (χ2n) is 4.24. The summed E-state index contributed by atoms with van der Waals surface area (Å²) in [6, 6.07) is 9.97. The largest absolute Gasteiger partial charge is 0.332 e. The maximum atomic E-state index is 8.49. The lowest BCUT2D eigenvalue weighted by Crippen LogP contribution is -2.68. The molecule has 1 aromatic carbocycles. The van der Waals surface area contributed by atoms with E-state index >= 15 is 0 Å². The Kier molecular flexibility index (Phi) is 8.41. The molecule has 0 bridgehead atoms. The van der Waals surface area contributed by atoms with Crippen molar-refractivity contribution in [3.8, 4) is 0 Å². The van der Waals surface area contributed by atoms with Crippen LogP contribution in [0.3, 0.4) is 0 Å². The van der Waals surface area contributed by atoms with E-state index < -0.39 is 10.2 Å². The van der Waals surface area contributed by atoms with Gasteiger partial charge in [-0.3, -0.25) is 4.58 Å². The molecular weight excluding hydrogens is 321 g/mol. The lowest BCUT2D eigenvalue weighted by atomic mass is 10.2. The van der Waals surface area contributed by atoms with E-state index in [4.69, 9.17) is 30.2 Å². The van der Waals surface area contributed by atoms with Crippen molar-refractivity contribution in [1.29, 1.82) is 0 Å². The maximum absolute atomic E-state index is 8.49. The van der Waals surface area contributed by atoms with Crippen molar-refractivity contribution in [2.24, 2.45) is 4.99 Å². The molecular formula is C12H17Cl2N3O4. The first-order chi connectivity index (χ1) is 9.52. The van der Waals surface area contributed by atoms with Crippen molar-refractivity contribution in [2.75, 3.05) is 28.2 Å². The van der Waals surface area contributed by atoms with Gasteiger partial charge in [-0.1, -0.05) is 18.2 Å². The van der Waals surface area contributed by atoms with Crippen molar-refractivity contribution in [2.45, 2.75) is 0 Å². The first-order valence-electron chi connectivity index (χ1n) is 5.65. The molecule has 0 N–H and O–H groups in total. The van der Waals surface area contributed by atoms with E-state index in [1.807, 2.05) is 63.1 Å². The monoisotopic (exact) mass is 337 g/mol. The van der Waals surface area contributed by atoms with E-state index in [0.717, 1.165) is 11.4 Å². The Morgan fingerprint density at radius 1 is 1.10 bits per heavy atom. The SMILES string of the molecule is CN(C)C(Cl)=NC(c1ccccc1)=[N+](C)C.[O-][Cl+3]([O-])([O-])[O-]. The summed E-state index contributed by atoms with van der Waals surface area (Å²) >= 11 is 6.03. The van der Waals surface area contributed by atoms with Gasteiger partial charge in [-0.25, -0.2) is 18.6 Å². The van der Waals surface area contributed by atoms with Crippen molar-refractivity contribution < 1.29 is 33.5 Å². The number of benzene rings is 1. The second-order valence-corrected chi connectivity index (χ2v) is 5.33. The van der Waals surface area contributed by atoms with E-state index in [9.17, 15) is 0 Å². The Labute approximate surface area is 130 Å². The number of hydrogen-bond donors (Lipinski definition) is 0. The number of hydrogen-bond acceptors (Lipinski definition) is 4. The highest BCUT2D eigenvalue weighted by Gasteiger charge is 2.15. The zero-order valence-electron chi connectivity index (χ0n) is 12.1. The van der Waals surface area contributed by atoms with Gasteiger partial charge < -0.3 is 4.90 Å². The molecule has 0 amide bonds. The number of amidine groups is 2. The van der Waals surface area contributed by atoms with Crippen LogP contribution in [0.2, 0.25) is 0 Å². The average molecular weight is 338 g/mol. The summed E-state index contributed by atoms with van der Waals surface area (Å²) in [6.07, 6.45) is 0. The molecule has 0 radical (unpaired) electrons. The number of aliphatic imine (C=N–C) groups is 1. The molecule has 0 aromatic heterocycles. The molecule has 0 spiro atoms. The van der Waals surface area contributed by atoms with Crippen LogP contribution < -0.4 is 18.6 Å². The fraction of sp³-hybridized carbons (Fsp3) is 0.333. The molecule has 0 atom stereocenters. The van der Waals surface area contributed by atoms with Crippen molar-refractivity contribution >= 4 is 22.7 Å². The first kappa shape index (κ1) is 19.8. The Hall–Kier alpha value is -1.22. The molecule has 0 saturated heterocycles. The van der Waals surface area contributed by atoms with Gasteiger partial charge in [0, 0.05) is 14.1 Å². The van der Waals surface area contributed by atoms with Crippen molar-refractivity contribution in [3.63, 3.8) is 0 Å². The standard InChI is InChI=1S/C12H17ClN3.ClHO4/c1-15(2)11(14-12(13)16(3)4)10-8-6-5-7-9-10;2-1(3,4)5/h5-9H,1-4H3;(H,2,3,4,5)/q+1;/p-1. The number of halogens is 2. The Morgan fingerprint density at radius 3 is 1.86 bits per heavy atom. The lowest BCUT2D eigenvalue weighted by molar-refractivity contribution is -2.00. The van der Waals surface area contributed by atoms with E-state index in [1.165, 1.54) is 0 Å². The molecule has 1 rings (SSSR count). The minimum Gasteiger partial charge on any atom is -0.332 e. The highest BCUT2D eigenvalue weighted by atomic mass is 35.7. The molecule has 0 aliphatic heterocycles. The highest BCUT2D eigenvalue weighted by Crippen LogP contribution is 2.03. The summed E-state index contributed by atoms with van der Waals surface area (Å²) < 4.78 is 35.9. The van der Waals surface area contributed by atoms with Gasteiger partial charge in [0.05, 0.1) is 19.7 Å². The zero-order chi connectivity index (χ0) is 16.6. The summed E-state index contributed by atoms with van der Waals surface area (Å²) in [7, 11) is 2.69. The van der Waals surface area contributed by atoms with Crippen LogP contribution in [0.5, 0.6) is 0 Å². The third-order valence-electron chi connectivity index (χ3n) is 2.02. The minimum absolute atomic E-state index is 0.465. The van der Waals surface area contributed by atoms with Crippen LogP contribution in [0.1, 0.15) is 5.56 Å². The van der Waals surface area contributed by atoms with Gasteiger partial charge in [0.25, 0.3) is 0 Å². The van der Waals surface area contributed by atoms with E-state index in [1.54, 1.807) is 4.90 Å². The first-order valence-corrected chi connectivity index (χ1v) is 7.26. The third-order valence-corrected chi connectivity index (χ3v) is 2.45. The smallest absolute Gasteiger partial charge is 0.329 e. The summed E-state index contributed by atoms with van der Waals surface area (Å²) in [5.74, 6) is 0.847. The summed E-state index contributed by atoms with van der Waals surface area (Å²) in [5.41, 5.74) is 1.05. The van der Waals surface area contributed by atoms with Gasteiger partial charge in [-0.05, 0) is 28.7 Å². The highest BCUT2D eigenvalue weighted by molar-refractivity contribution is 6.65. The van der Waals surface area contributed by atoms with E-state index in [2.05, 4.69) is 4.99 Å². The quantitative estimate of drug-likeness (QED) is 0.236. The predicted molar refractivity (Wildman–Crippen MR) is 69.6 cm³/mol. The van der Waals surface area contributed by atoms with Crippen LogP contribution in [0, 0.1) is 10.2 Å². The third kappa shape index (κ3) is 10.2. The van der Waals surface area contributed by atoms with Crippen LogP contribution in [0.25, 0.3) is 0 Å². The van der Waals surface area contributed by atoms with Crippen molar-refractivity contribution in [3.05, 3.63) is 35.9 Å². The molecule has 0 aliphatic rings. The summed E-state index contributed by atoms with van der Waals surface area (Å²) in [6.45, 7) is 0. The van der Waals surface area contributed by atoms with Crippen LogP contribution in [0.4, 0.5) is 0 Å². The topological polar surface area (TPSA) is 111 Å². The number of nitrogens with zero attached hydrogens (tertiary/aromatic N) is 3. The number of rotatable bonds is 1. The van der Waals surface area contributed by atoms with Gasteiger partial charge in [0.2, 0.25) is 0 Å². The van der Waals surface area contributed by atoms with E-state index in [0.29, 0.717) is 5.29 Å². The Balaban J connectivity index is 0.000000690. The van der Waals surface area contributed by atoms with E-state index in [-0.39, 0.29) is 0 Å². The van der Waals surface area contributed by atoms with Crippen LogP contribution in [-0.4, -0.2) is 48.8 Å². The minimum atomic E-state index is -4.94. The Bertz CT molecular complexity index is 489. The van der Waals surface area contributed by atoms with Gasteiger partial charge in [-0.15, -0.1) is 10.2 Å². The van der Waals surface area contributed by atoms with Crippen LogP contribution in [0.15, 0.2) is 35.3 Å². The Morgan fingerprint density at radius 2 is 1.52 bits per heavy atom. The fourth-order valence-corrected chi connectivity index (χ4v) is 1.28. The van der Waals surface area contributed by atoms with Crippen LogP contribution >= 0.6 is 11.6 Å². The summed E-state index contributed by atoms with van der Waals surface area (Å²) in [4.78, 5) is 6.17. The van der Waals surface area contributed by atoms with Gasteiger partial charge in [0.1, 0.15) is 0 Å². The molecule has 21 heavy (non-hydrogen) atoms. The zero-order valence-corrected chi connectivity index (χ0v) is 13.6. The lowest BCUT2D eigenvalue weighted by Gasteiger charge is -2.17. The molecule has 1 aromatic rings. The molecule has 9 heteroatoms. The molecule has 0 saturated carbocycles. The summed E-state index contributed by atoms with van der Waals surface area (Å²) in [5, 5.41) is 0.465. The van der Waals surface area contributed by atoms with Crippen LogP contribution in [-0.2, 0) is 0 Å². The normalized spacial score (nSPS) is 11.4. The van der Waals surface area contributed by atoms with Gasteiger partial charge >= 0.3 is 11.1 Å². The molecule has 0 fully saturated rings. The predicted octanol–water partition coefficient (Wildman–Crippen LogP) is -2.89.